The maximum absolute atomic E-state index is 11.7. The number of hydrogen-bond acceptors (Lipinski definition) is 3. The summed E-state index contributed by atoms with van der Waals surface area (Å²) >= 11 is 0. The van der Waals surface area contributed by atoms with Crippen LogP contribution in [-0.4, -0.2) is 18.9 Å². The molecule has 1 heterocycles. The molecule has 3 nitrogen and oxygen atoms in total. The molecule has 3 heteroatoms. The first-order valence-electron chi connectivity index (χ1n) is 5.22. The molecule has 0 unspecified atom stereocenters. The van der Waals surface area contributed by atoms with Gasteiger partial charge in [0.2, 0.25) is 0 Å². The predicted molar refractivity (Wildman–Crippen MR) is 58.4 cm³/mol. The molecule has 0 aliphatic carbocycles. The lowest BCUT2D eigenvalue weighted by Crippen LogP contribution is -2.08. The van der Waals surface area contributed by atoms with Crippen molar-refractivity contribution in [3.8, 4) is 5.75 Å². The van der Waals surface area contributed by atoms with Gasteiger partial charge in [0.15, 0.2) is 5.78 Å². The van der Waals surface area contributed by atoms with Gasteiger partial charge in [-0.05, 0) is 36.7 Å². The fourth-order valence-electron chi connectivity index (χ4n) is 1.94. The lowest BCUT2D eigenvalue weighted by molar-refractivity contribution is 0.0985. The van der Waals surface area contributed by atoms with Gasteiger partial charge in [0, 0.05) is 18.4 Å². The lowest BCUT2D eigenvalue weighted by Gasteiger charge is -2.06. The average Bonchev–Trinajstić information content (AvgIpc) is 2.66. The molecule has 0 aromatic heterocycles. The predicted octanol–water partition coefficient (Wildman–Crippen LogP) is 1.46. The summed E-state index contributed by atoms with van der Waals surface area (Å²) in [6, 6.07) is 3.83. The molecule has 0 amide bonds. The number of benzene rings is 1. The topological polar surface area (TPSA) is 52.3 Å². The van der Waals surface area contributed by atoms with Crippen LogP contribution in [0.3, 0.4) is 0 Å². The highest BCUT2D eigenvalue weighted by molar-refractivity contribution is 5.96. The van der Waals surface area contributed by atoms with Gasteiger partial charge in [0.05, 0.1) is 6.61 Å². The van der Waals surface area contributed by atoms with Gasteiger partial charge >= 0.3 is 0 Å². The SMILES string of the molecule is Cc1cc(C(=O)CCN)cc2c1OCC2. The molecule has 80 valence electrons. The molecule has 0 spiro atoms. The Labute approximate surface area is 89.2 Å². The van der Waals surface area contributed by atoms with Crippen LogP contribution >= 0.6 is 0 Å². The molecule has 1 aromatic rings. The van der Waals surface area contributed by atoms with Gasteiger partial charge in [0.1, 0.15) is 5.75 Å². The Hall–Kier alpha value is -1.35. The monoisotopic (exact) mass is 205 g/mol. The molecule has 1 aliphatic rings. The number of hydrogen-bond donors (Lipinski definition) is 1. The van der Waals surface area contributed by atoms with Crippen LogP contribution in [0.5, 0.6) is 5.75 Å². The molecular formula is C12H15NO2. The second-order valence-electron chi connectivity index (χ2n) is 3.84. The van der Waals surface area contributed by atoms with E-state index in [1.807, 2.05) is 19.1 Å². The molecule has 2 N–H and O–H groups in total. The molecule has 0 bridgehead atoms. The molecule has 15 heavy (non-hydrogen) atoms. The Kier molecular flexibility index (Phi) is 2.73. The number of Topliss-reactive ketones (excluding diaryl/α,β-unsaturated/α-hetero) is 1. The van der Waals surface area contributed by atoms with Crippen molar-refractivity contribution in [2.75, 3.05) is 13.2 Å². The van der Waals surface area contributed by atoms with E-state index in [9.17, 15) is 4.79 Å². The van der Waals surface area contributed by atoms with Crippen LogP contribution in [-0.2, 0) is 6.42 Å². The van der Waals surface area contributed by atoms with Crippen LogP contribution < -0.4 is 10.5 Å². The van der Waals surface area contributed by atoms with Gasteiger partial charge in [-0.3, -0.25) is 4.79 Å². The lowest BCUT2D eigenvalue weighted by atomic mass is 10.0. The van der Waals surface area contributed by atoms with Crippen molar-refractivity contribution in [3.63, 3.8) is 0 Å². The molecule has 1 aliphatic heterocycles. The van der Waals surface area contributed by atoms with Gasteiger partial charge in [-0.1, -0.05) is 0 Å². The Bertz CT molecular complexity index is 399. The third-order valence-electron chi connectivity index (χ3n) is 2.66. The zero-order valence-corrected chi connectivity index (χ0v) is 8.88. The molecule has 0 saturated carbocycles. The van der Waals surface area contributed by atoms with Gasteiger partial charge < -0.3 is 10.5 Å². The summed E-state index contributed by atoms with van der Waals surface area (Å²) in [7, 11) is 0. The van der Waals surface area contributed by atoms with E-state index in [-0.39, 0.29) is 5.78 Å². The third-order valence-corrected chi connectivity index (χ3v) is 2.66. The zero-order chi connectivity index (χ0) is 10.8. The van der Waals surface area contributed by atoms with Crippen molar-refractivity contribution in [2.24, 2.45) is 5.73 Å². The van der Waals surface area contributed by atoms with E-state index in [0.29, 0.717) is 13.0 Å². The van der Waals surface area contributed by atoms with Crippen LogP contribution in [0.2, 0.25) is 0 Å². The van der Waals surface area contributed by atoms with Crippen LogP contribution in [0, 0.1) is 6.92 Å². The fraction of sp³-hybridized carbons (Fsp3) is 0.417. The summed E-state index contributed by atoms with van der Waals surface area (Å²) in [5.74, 6) is 1.08. The highest BCUT2D eigenvalue weighted by atomic mass is 16.5. The first-order chi connectivity index (χ1) is 7.22. The average molecular weight is 205 g/mol. The number of carbonyl (C=O) groups excluding carboxylic acids is 1. The first-order valence-corrected chi connectivity index (χ1v) is 5.22. The third kappa shape index (κ3) is 1.88. The Morgan fingerprint density at radius 1 is 1.53 bits per heavy atom. The van der Waals surface area contributed by atoms with Crippen molar-refractivity contribution in [3.05, 3.63) is 28.8 Å². The number of ketones is 1. The standard InChI is InChI=1S/C12H15NO2/c1-8-6-10(11(14)2-4-13)7-9-3-5-15-12(8)9/h6-7H,2-5,13H2,1H3. The van der Waals surface area contributed by atoms with E-state index in [1.54, 1.807) is 0 Å². The van der Waals surface area contributed by atoms with Gasteiger partial charge in [-0.2, -0.15) is 0 Å². The summed E-state index contributed by atoms with van der Waals surface area (Å²) in [5.41, 5.74) is 8.33. The van der Waals surface area contributed by atoms with Gasteiger partial charge in [-0.25, -0.2) is 0 Å². The fourth-order valence-corrected chi connectivity index (χ4v) is 1.94. The van der Waals surface area contributed by atoms with Crippen molar-refractivity contribution in [1.82, 2.24) is 0 Å². The maximum Gasteiger partial charge on any atom is 0.164 e. The number of carbonyl (C=O) groups is 1. The van der Waals surface area contributed by atoms with Gasteiger partial charge in [0.25, 0.3) is 0 Å². The number of ether oxygens (including phenoxy) is 1. The second-order valence-corrected chi connectivity index (χ2v) is 3.84. The maximum atomic E-state index is 11.7. The Morgan fingerprint density at radius 3 is 3.07 bits per heavy atom. The molecule has 0 fully saturated rings. The molecular weight excluding hydrogens is 190 g/mol. The Balaban J connectivity index is 2.35. The molecule has 1 aromatic carbocycles. The smallest absolute Gasteiger partial charge is 0.164 e. The highest BCUT2D eigenvalue weighted by Crippen LogP contribution is 2.30. The Morgan fingerprint density at radius 2 is 2.33 bits per heavy atom. The molecule has 2 rings (SSSR count). The van der Waals surface area contributed by atoms with Crippen molar-refractivity contribution < 1.29 is 9.53 Å². The van der Waals surface area contributed by atoms with E-state index in [0.717, 1.165) is 35.5 Å². The van der Waals surface area contributed by atoms with Crippen LogP contribution in [0.4, 0.5) is 0 Å². The molecule has 0 radical (unpaired) electrons. The molecule has 0 atom stereocenters. The van der Waals surface area contributed by atoms with Crippen molar-refractivity contribution in [1.29, 1.82) is 0 Å². The van der Waals surface area contributed by atoms with Crippen LogP contribution in [0.1, 0.15) is 27.9 Å². The summed E-state index contributed by atoms with van der Waals surface area (Å²) in [5, 5.41) is 0. The number of rotatable bonds is 3. The highest BCUT2D eigenvalue weighted by Gasteiger charge is 2.17. The minimum atomic E-state index is 0.121. The quantitative estimate of drug-likeness (QED) is 0.760. The summed E-state index contributed by atoms with van der Waals surface area (Å²) in [6.45, 7) is 3.11. The van der Waals surface area contributed by atoms with Crippen LogP contribution in [0.25, 0.3) is 0 Å². The van der Waals surface area contributed by atoms with Gasteiger partial charge in [-0.15, -0.1) is 0 Å². The first kappa shape index (κ1) is 10.2. The van der Waals surface area contributed by atoms with Crippen molar-refractivity contribution in [2.45, 2.75) is 19.8 Å². The van der Waals surface area contributed by atoms with Crippen LogP contribution in [0.15, 0.2) is 12.1 Å². The second kappa shape index (κ2) is 4.03. The van der Waals surface area contributed by atoms with E-state index in [1.165, 1.54) is 0 Å². The zero-order valence-electron chi connectivity index (χ0n) is 8.88. The van der Waals surface area contributed by atoms with E-state index in [2.05, 4.69) is 0 Å². The largest absolute Gasteiger partial charge is 0.493 e. The van der Waals surface area contributed by atoms with E-state index < -0.39 is 0 Å². The summed E-state index contributed by atoms with van der Waals surface area (Å²) in [4.78, 5) is 11.7. The molecule has 0 saturated heterocycles. The minimum absolute atomic E-state index is 0.121. The number of nitrogens with two attached hydrogens (primary N) is 1. The van der Waals surface area contributed by atoms with E-state index >= 15 is 0 Å². The minimum Gasteiger partial charge on any atom is -0.493 e. The van der Waals surface area contributed by atoms with Crippen molar-refractivity contribution >= 4 is 5.78 Å². The summed E-state index contributed by atoms with van der Waals surface area (Å²) in [6.07, 6.45) is 1.32. The number of fused-ring (bicyclic) bond motifs is 1. The van der Waals surface area contributed by atoms with E-state index in [4.69, 9.17) is 10.5 Å². The number of aryl methyl sites for hydroxylation is 1. The summed E-state index contributed by atoms with van der Waals surface area (Å²) < 4.78 is 5.49. The normalized spacial score (nSPS) is 13.5.